The number of aromatic nitrogens is 4. The number of primary amides is 1. The molecule has 0 bridgehead atoms. The van der Waals surface area contributed by atoms with Crippen molar-refractivity contribution < 1.29 is 27.5 Å². The first-order chi connectivity index (χ1) is 21.7. The summed E-state index contributed by atoms with van der Waals surface area (Å²) in [6.07, 6.45) is 5.11. The van der Waals surface area contributed by atoms with E-state index >= 15 is 0 Å². The molecule has 0 spiro atoms. The molecule has 4 aromatic rings. The number of hydrogen-bond acceptors (Lipinski definition) is 10. The molecular weight excluding hydrogens is 600 g/mol. The lowest BCUT2D eigenvalue weighted by Gasteiger charge is -2.44. The van der Waals surface area contributed by atoms with Crippen molar-refractivity contribution in [3.05, 3.63) is 84.6 Å². The van der Waals surface area contributed by atoms with Crippen LogP contribution in [0.3, 0.4) is 0 Å². The maximum atomic E-state index is 13.7. The Balaban J connectivity index is 1.33. The molecule has 4 heterocycles. The van der Waals surface area contributed by atoms with Crippen LogP contribution in [0.2, 0.25) is 0 Å². The number of sulfonamides is 1. The Morgan fingerprint density at radius 1 is 1.04 bits per heavy atom. The summed E-state index contributed by atoms with van der Waals surface area (Å²) in [6.45, 7) is 3.23. The molecule has 2 aromatic heterocycles. The van der Waals surface area contributed by atoms with Gasteiger partial charge < -0.3 is 25.0 Å². The number of carbonyl (C=O) groups excluding carboxylic acids is 2. The summed E-state index contributed by atoms with van der Waals surface area (Å²) in [4.78, 5) is 43.3. The van der Waals surface area contributed by atoms with Gasteiger partial charge in [0.15, 0.2) is 11.5 Å². The number of amides is 3. The van der Waals surface area contributed by atoms with Gasteiger partial charge in [0.05, 0.1) is 16.9 Å². The normalized spacial score (nSPS) is 17.0. The van der Waals surface area contributed by atoms with Crippen molar-refractivity contribution in [1.29, 1.82) is 0 Å². The van der Waals surface area contributed by atoms with Gasteiger partial charge in [-0.15, -0.1) is 0 Å². The minimum absolute atomic E-state index is 0.0558. The Morgan fingerprint density at radius 3 is 2.56 bits per heavy atom. The second-order valence-electron chi connectivity index (χ2n) is 10.8. The molecule has 1 fully saturated rings. The molecule has 0 saturated carbocycles. The van der Waals surface area contributed by atoms with Gasteiger partial charge in [-0.2, -0.15) is 4.98 Å². The number of nitrogens with zero attached hydrogens (tertiary/aromatic N) is 6. The number of ether oxygens (including phenoxy) is 2. The molecule has 6 rings (SSSR count). The number of nitrogens with one attached hydrogen (secondary N) is 1. The van der Waals surface area contributed by atoms with Crippen molar-refractivity contribution in [2.45, 2.75) is 24.3 Å². The standard InChI is InChI=1S/C30H32N8O6S/c1-20-15-27(34-29(33-20)37-10-9-32-19-37)36-11-12-38(30(40)35-45(41,42)22-5-3-2-4-6-22)24(18-36)23(28(31)39)16-21-7-8-25-26(17-21)44-14-13-43-25/h2-10,15,17,19,23-24H,11-14,16,18H2,1H3,(H2,31,39)(H,35,40). The maximum absolute atomic E-state index is 13.7. The number of aryl methyl sites for hydroxylation is 1. The number of rotatable bonds is 8. The molecule has 45 heavy (non-hydrogen) atoms. The van der Waals surface area contributed by atoms with E-state index in [0.717, 1.165) is 5.56 Å². The molecule has 0 radical (unpaired) electrons. The highest BCUT2D eigenvalue weighted by Crippen LogP contribution is 2.33. The van der Waals surface area contributed by atoms with E-state index in [9.17, 15) is 18.0 Å². The third-order valence-electron chi connectivity index (χ3n) is 7.73. The molecule has 1 saturated heterocycles. The van der Waals surface area contributed by atoms with Gasteiger partial charge in [-0.1, -0.05) is 24.3 Å². The third kappa shape index (κ3) is 6.52. The molecule has 2 atom stereocenters. The number of imidazole rings is 1. The highest BCUT2D eigenvalue weighted by atomic mass is 32.2. The zero-order valence-electron chi connectivity index (χ0n) is 24.4. The van der Waals surface area contributed by atoms with Crippen molar-refractivity contribution in [1.82, 2.24) is 29.1 Å². The van der Waals surface area contributed by atoms with Crippen LogP contribution < -0.4 is 24.8 Å². The summed E-state index contributed by atoms with van der Waals surface area (Å²) in [5, 5.41) is 0. The van der Waals surface area contributed by atoms with Gasteiger partial charge in [0, 0.05) is 43.8 Å². The van der Waals surface area contributed by atoms with Gasteiger partial charge >= 0.3 is 6.03 Å². The van der Waals surface area contributed by atoms with Crippen molar-refractivity contribution >= 4 is 27.8 Å². The van der Waals surface area contributed by atoms with Crippen LogP contribution in [-0.4, -0.2) is 83.7 Å². The van der Waals surface area contributed by atoms with Crippen molar-refractivity contribution in [2.75, 3.05) is 37.7 Å². The van der Waals surface area contributed by atoms with Crippen LogP contribution in [0.25, 0.3) is 5.95 Å². The predicted octanol–water partition coefficient (Wildman–Crippen LogP) is 1.68. The van der Waals surface area contributed by atoms with Crippen molar-refractivity contribution in [3.63, 3.8) is 0 Å². The molecule has 2 aromatic carbocycles. The highest BCUT2D eigenvalue weighted by molar-refractivity contribution is 7.90. The van der Waals surface area contributed by atoms with Crippen molar-refractivity contribution in [2.24, 2.45) is 11.7 Å². The van der Waals surface area contributed by atoms with Gasteiger partial charge in [-0.3, -0.25) is 9.36 Å². The number of benzene rings is 2. The van der Waals surface area contributed by atoms with Crippen LogP contribution in [0.4, 0.5) is 10.6 Å². The highest BCUT2D eigenvalue weighted by Gasteiger charge is 2.40. The van der Waals surface area contributed by atoms with E-state index < -0.39 is 33.9 Å². The Hall–Kier alpha value is -5.18. The van der Waals surface area contributed by atoms with E-state index in [1.54, 1.807) is 53.6 Å². The molecule has 15 heteroatoms. The van der Waals surface area contributed by atoms with Gasteiger partial charge in [0.1, 0.15) is 25.4 Å². The Labute approximate surface area is 259 Å². The average Bonchev–Trinajstić information content (AvgIpc) is 3.59. The van der Waals surface area contributed by atoms with Crippen LogP contribution in [0, 0.1) is 12.8 Å². The van der Waals surface area contributed by atoms with Crippen LogP contribution in [0.1, 0.15) is 11.3 Å². The van der Waals surface area contributed by atoms with E-state index in [-0.39, 0.29) is 24.4 Å². The van der Waals surface area contributed by atoms with Crippen molar-refractivity contribution in [3.8, 4) is 17.4 Å². The Kier molecular flexibility index (Phi) is 8.26. The summed E-state index contributed by atoms with van der Waals surface area (Å²) < 4.78 is 41.4. The number of urea groups is 1. The van der Waals surface area contributed by atoms with Crippen LogP contribution in [0.5, 0.6) is 11.5 Å². The zero-order valence-corrected chi connectivity index (χ0v) is 25.3. The summed E-state index contributed by atoms with van der Waals surface area (Å²) in [5.41, 5.74) is 7.46. The SMILES string of the molecule is Cc1cc(N2CCN(C(=O)NS(=O)(=O)c3ccccc3)C(C(Cc3ccc4c(c3)OCCO4)C(N)=O)C2)nc(-n2ccnc2)n1. The van der Waals surface area contributed by atoms with E-state index in [0.29, 0.717) is 48.7 Å². The minimum Gasteiger partial charge on any atom is -0.486 e. The lowest BCUT2D eigenvalue weighted by molar-refractivity contribution is -0.123. The fourth-order valence-corrected chi connectivity index (χ4v) is 6.51. The summed E-state index contributed by atoms with van der Waals surface area (Å²) in [7, 11) is -4.18. The van der Waals surface area contributed by atoms with E-state index in [1.807, 2.05) is 24.0 Å². The predicted molar refractivity (Wildman–Crippen MR) is 163 cm³/mol. The second kappa shape index (κ2) is 12.4. The van der Waals surface area contributed by atoms with Gasteiger partial charge in [-0.25, -0.2) is 27.9 Å². The van der Waals surface area contributed by atoms with Gasteiger partial charge in [-0.05, 0) is 43.2 Å². The number of nitrogens with two attached hydrogens (primary N) is 1. The molecule has 3 N–H and O–H groups in total. The van der Waals surface area contributed by atoms with E-state index in [1.165, 1.54) is 17.0 Å². The van der Waals surface area contributed by atoms with E-state index in [2.05, 4.69) is 14.7 Å². The fourth-order valence-electron chi connectivity index (χ4n) is 5.53. The van der Waals surface area contributed by atoms with Crippen LogP contribution >= 0.6 is 0 Å². The number of anilines is 1. The lowest BCUT2D eigenvalue weighted by atomic mass is 9.88. The molecule has 0 aliphatic carbocycles. The molecule has 2 aliphatic rings. The van der Waals surface area contributed by atoms with Gasteiger partial charge in [0.25, 0.3) is 10.0 Å². The number of hydrogen-bond donors (Lipinski definition) is 2. The Bertz CT molecular complexity index is 1800. The quantitative estimate of drug-likeness (QED) is 0.291. The van der Waals surface area contributed by atoms with Crippen LogP contribution in [-0.2, 0) is 21.2 Å². The third-order valence-corrected chi connectivity index (χ3v) is 9.07. The molecular formula is C30H32N8O6S. The molecule has 14 nitrogen and oxygen atoms in total. The molecule has 3 amide bonds. The summed E-state index contributed by atoms with van der Waals surface area (Å²) in [5.74, 6) is 0.616. The van der Waals surface area contributed by atoms with Crippen LogP contribution in [0.15, 0.2) is 78.2 Å². The lowest BCUT2D eigenvalue weighted by Crippen LogP contribution is -2.62. The topological polar surface area (TPSA) is 175 Å². The molecule has 2 aliphatic heterocycles. The Morgan fingerprint density at radius 2 is 1.82 bits per heavy atom. The van der Waals surface area contributed by atoms with Gasteiger partial charge in [0.2, 0.25) is 11.9 Å². The fraction of sp³-hybridized carbons (Fsp3) is 0.300. The number of fused-ring (bicyclic) bond motifs is 1. The smallest absolute Gasteiger partial charge is 0.331 e. The second-order valence-corrected chi connectivity index (χ2v) is 12.4. The van der Waals surface area contributed by atoms with E-state index in [4.69, 9.17) is 20.2 Å². The largest absolute Gasteiger partial charge is 0.486 e. The minimum atomic E-state index is -4.18. The number of carbonyl (C=O) groups is 2. The maximum Gasteiger partial charge on any atom is 0.331 e. The summed E-state index contributed by atoms with van der Waals surface area (Å²) >= 11 is 0. The first-order valence-electron chi connectivity index (χ1n) is 14.3. The monoisotopic (exact) mass is 632 g/mol. The zero-order chi connectivity index (χ0) is 31.6. The summed E-state index contributed by atoms with van der Waals surface area (Å²) in [6, 6.07) is 13.1. The molecule has 234 valence electrons. The first kappa shape index (κ1) is 29.9. The molecule has 2 unspecified atom stereocenters. The average molecular weight is 633 g/mol. The number of piperazine rings is 1. The first-order valence-corrected chi connectivity index (χ1v) is 15.8.